The fraction of sp³-hybridized carbons (Fsp3) is 1.00. The summed E-state index contributed by atoms with van der Waals surface area (Å²) in [7, 11) is 0. The van der Waals surface area contributed by atoms with E-state index in [-0.39, 0.29) is 6.61 Å². The molecule has 3 aliphatic heterocycles. The largest absolute Gasteiger partial charge is 0.394 e. The van der Waals surface area contributed by atoms with Gasteiger partial charge >= 0.3 is 0 Å². The highest BCUT2D eigenvalue weighted by Crippen LogP contribution is 2.32. The second kappa shape index (κ2) is 6.24. The van der Waals surface area contributed by atoms with E-state index >= 15 is 0 Å². The normalized spacial score (nSPS) is 55.4. The van der Waals surface area contributed by atoms with Crippen molar-refractivity contribution in [1.82, 2.24) is 0 Å². The zero-order valence-electron chi connectivity index (χ0n) is 11.5. The molecule has 3 aliphatic rings. The minimum absolute atomic E-state index is 0.0868. The first kappa shape index (κ1) is 16.5. The zero-order chi connectivity index (χ0) is 16.0. The van der Waals surface area contributed by atoms with Crippen LogP contribution in [0, 0.1) is 0 Å². The molecule has 0 aromatic heterocycles. The number of ether oxygens (including phenoxy) is 4. The van der Waals surface area contributed by atoms with Crippen molar-refractivity contribution in [1.29, 1.82) is 0 Å². The molecule has 0 saturated carbocycles. The predicted molar refractivity (Wildman–Crippen MR) is 65.3 cm³/mol. The third-order valence-corrected chi connectivity index (χ3v) is 4.23. The second-order valence-electron chi connectivity index (χ2n) is 5.65. The molecule has 0 aliphatic carbocycles. The van der Waals surface area contributed by atoms with Crippen molar-refractivity contribution in [3.8, 4) is 0 Å². The Morgan fingerprint density at radius 3 is 2.32 bits per heavy atom. The lowest BCUT2D eigenvalue weighted by Crippen LogP contribution is -2.63. The third kappa shape index (κ3) is 2.65. The molecule has 0 unspecified atom stereocenters. The maximum absolute atomic E-state index is 10.1. The number of aliphatic hydroxyl groups excluding tert-OH is 6. The van der Waals surface area contributed by atoms with E-state index < -0.39 is 68.0 Å². The molecule has 10 nitrogen and oxygen atoms in total. The Morgan fingerprint density at radius 1 is 0.909 bits per heavy atom. The van der Waals surface area contributed by atoms with Gasteiger partial charge in [-0.15, -0.1) is 0 Å². The van der Waals surface area contributed by atoms with Crippen LogP contribution in [0.25, 0.3) is 0 Å². The Morgan fingerprint density at radius 2 is 1.64 bits per heavy atom. The van der Waals surface area contributed by atoms with Gasteiger partial charge in [0.25, 0.3) is 0 Å². The van der Waals surface area contributed by atoms with Gasteiger partial charge in [0.2, 0.25) is 0 Å². The lowest BCUT2D eigenvalue weighted by Gasteiger charge is -2.43. The van der Waals surface area contributed by atoms with Gasteiger partial charge in [0, 0.05) is 0 Å². The van der Waals surface area contributed by atoms with Gasteiger partial charge in [0.1, 0.15) is 48.8 Å². The highest BCUT2D eigenvalue weighted by atomic mass is 16.7. The van der Waals surface area contributed by atoms with Gasteiger partial charge in [-0.1, -0.05) is 0 Å². The first-order valence-electron chi connectivity index (χ1n) is 7.03. The Balaban J connectivity index is 1.71. The molecule has 10 atom stereocenters. The molecule has 6 N–H and O–H groups in total. The van der Waals surface area contributed by atoms with Gasteiger partial charge in [0.15, 0.2) is 12.6 Å². The molecule has 3 saturated heterocycles. The molecule has 3 rings (SSSR count). The van der Waals surface area contributed by atoms with Crippen molar-refractivity contribution in [3.63, 3.8) is 0 Å². The zero-order valence-corrected chi connectivity index (χ0v) is 11.5. The average Bonchev–Trinajstić information content (AvgIpc) is 2.76. The van der Waals surface area contributed by atoms with E-state index in [1.54, 1.807) is 0 Å². The number of hydrogen-bond donors (Lipinski definition) is 6. The highest BCUT2D eigenvalue weighted by Gasteiger charge is 2.53. The topological polar surface area (TPSA) is 158 Å². The van der Waals surface area contributed by atoms with E-state index in [4.69, 9.17) is 24.1 Å². The molecule has 10 heteroatoms. The minimum Gasteiger partial charge on any atom is -0.394 e. The Bertz CT molecular complexity index is 394. The van der Waals surface area contributed by atoms with Crippen LogP contribution in [0.1, 0.15) is 0 Å². The number of rotatable bonds is 3. The molecule has 22 heavy (non-hydrogen) atoms. The summed E-state index contributed by atoms with van der Waals surface area (Å²) in [6.45, 7) is -0.504. The SMILES string of the molecule is OC[C@@H]1O[C@@H](O)[C@@H](O)[C@@H](O[C@@H]2O[C@H]3CO[C@@H]([C@@H]2O)[C@H]3O)[C@H]1O. The van der Waals surface area contributed by atoms with Crippen molar-refractivity contribution in [3.05, 3.63) is 0 Å². The van der Waals surface area contributed by atoms with Gasteiger partial charge in [-0.3, -0.25) is 0 Å². The van der Waals surface area contributed by atoms with Crippen molar-refractivity contribution in [2.45, 2.75) is 61.4 Å². The molecule has 0 radical (unpaired) electrons. The summed E-state index contributed by atoms with van der Waals surface area (Å²) in [6, 6.07) is 0. The maximum atomic E-state index is 10.1. The molecule has 3 fully saturated rings. The van der Waals surface area contributed by atoms with Gasteiger partial charge in [-0.05, 0) is 0 Å². The first-order chi connectivity index (χ1) is 10.4. The van der Waals surface area contributed by atoms with Gasteiger partial charge in [-0.25, -0.2) is 0 Å². The molecule has 0 aromatic rings. The molecule has 0 aromatic carbocycles. The molecule has 3 heterocycles. The summed E-state index contributed by atoms with van der Waals surface area (Å²) in [4.78, 5) is 0. The third-order valence-electron chi connectivity index (χ3n) is 4.23. The van der Waals surface area contributed by atoms with Crippen LogP contribution in [-0.4, -0.2) is 105 Å². The van der Waals surface area contributed by atoms with Crippen LogP contribution in [-0.2, 0) is 18.9 Å². The predicted octanol–water partition coefficient (Wildman–Crippen LogP) is -4.35. The number of fused-ring (bicyclic) bond motifs is 2. The van der Waals surface area contributed by atoms with E-state index in [9.17, 15) is 25.5 Å². The van der Waals surface area contributed by atoms with E-state index in [2.05, 4.69) is 0 Å². The van der Waals surface area contributed by atoms with Crippen molar-refractivity contribution < 1.29 is 49.6 Å². The fourth-order valence-electron chi connectivity index (χ4n) is 2.94. The van der Waals surface area contributed by atoms with Crippen LogP contribution in [0.2, 0.25) is 0 Å². The minimum atomic E-state index is -1.66. The molecule has 0 spiro atoms. The van der Waals surface area contributed by atoms with Crippen LogP contribution in [0.15, 0.2) is 0 Å². The molecule has 2 bridgehead atoms. The summed E-state index contributed by atoms with van der Waals surface area (Å²) < 4.78 is 20.8. The molecule has 128 valence electrons. The van der Waals surface area contributed by atoms with E-state index in [1.165, 1.54) is 0 Å². The summed E-state index contributed by atoms with van der Waals surface area (Å²) in [6.07, 6.45) is -12.4. The van der Waals surface area contributed by atoms with Gasteiger partial charge in [0.05, 0.1) is 13.2 Å². The van der Waals surface area contributed by atoms with E-state index in [0.29, 0.717) is 0 Å². The summed E-state index contributed by atoms with van der Waals surface area (Å²) in [5, 5.41) is 58.4. The summed E-state index contributed by atoms with van der Waals surface area (Å²) >= 11 is 0. The number of hydrogen-bond acceptors (Lipinski definition) is 10. The van der Waals surface area contributed by atoms with Crippen LogP contribution < -0.4 is 0 Å². The lowest BCUT2D eigenvalue weighted by molar-refractivity contribution is -0.341. The second-order valence-corrected chi connectivity index (χ2v) is 5.65. The molecular formula is C12H20O10. The van der Waals surface area contributed by atoms with Crippen LogP contribution in [0.4, 0.5) is 0 Å². The van der Waals surface area contributed by atoms with Crippen molar-refractivity contribution >= 4 is 0 Å². The van der Waals surface area contributed by atoms with Crippen LogP contribution >= 0.6 is 0 Å². The smallest absolute Gasteiger partial charge is 0.187 e. The molecule has 0 amide bonds. The Kier molecular flexibility index (Phi) is 4.67. The van der Waals surface area contributed by atoms with Gasteiger partial charge < -0.3 is 49.6 Å². The van der Waals surface area contributed by atoms with Gasteiger partial charge in [-0.2, -0.15) is 0 Å². The number of aliphatic hydroxyl groups is 6. The van der Waals surface area contributed by atoms with E-state index in [0.717, 1.165) is 0 Å². The maximum Gasteiger partial charge on any atom is 0.187 e. The highest BCUT2D eigenvalue weighted by molar-refractivity contribution is 4.97. The lowest BCUT2D eigenvalue weighted by atomic mass is 9.98. The van der Waals surface area contributed by atoms with E-state index in [1.807, 2.05) is 0 Å². The monoisotopic (exact) mass is 324 g/mol. The fourth-order valence-corrected chi connectivity index (χ4v) is 2.94. The Labute approximate surface area is 125 Å². The molecular weight excluding hydrogens is 304 g/mol. The average molecular weight is 324 g/mol. The standard InChI is InChI=1S/C12H20O10/c13-1-3-5(14)10(7(16)11(18)20-3)22-12-8(17)9-6(15)4(21-12)2-19-9/h3-18H,1-2H2/t3-,4-,5-,6-,7-,8-,9+,10-,11+,12-/m0/s1. The quantitative estimate of drug-likeness (QED) is 0.299. The van der Waals surface area contributed by atoms with Crippen LogP contribution in [0.3, 0.4) is 0 Å². The van der Waals surface area contributed by atoms with Crippen molar-refractivity contribution in [2.75, 3.05) is 13.2 Å². The summed E-state index contributed by atoms with van der Waals surface area (Å²) in [5.74, 6) is 0. The van der Waals surface area contributed by atoms with Crippen LogP contribution in [0.5, 0.6) is 0 Å². The summed E-state index contributed by atoms with van der Waals surface area (Å²) in [5.41, 5.74) is 0. The Hall–Kier alpha value is -0.400. The van der Waals surface area contributed by atoms with Crippen molar-refractivity contribution in [2.24, 2.45) is 0 Å². The first-order valence-corrected chi connectivity index (χ1v) is 7.03.